The van der Waals surface area contributed by atoms with Gasteiger partial charge >= 0.3 is 18.1 Å². The molecular weight excluding hydrogens is 1310 g/mol. The van der Waals surface area contributed by atoms with Crippen LogP contribution in [0, 0.1) is 36.0 Å². The Labute approximate surface area is 589 Å². The van der Waals surface area contributed by atoms with Crippen LogP contribution in [0.2, 0.25) is 0 Å². The van der Waals surface area contributed by atoms with Crippen molar-refractivity contribution >= 4 is 97.5 Å². The Kier molecular flexibility index (Phi) is 22.5. The fourth-order valence-electron chi connectivity index (χ4n) is 16.4. The summed E-state index contributed by atoms with van der Waals surface area (Å²) in [7, 11) is 0. The summed E-state index contributed by atoms with van der Waals surface area (Å²) in [5, 5.41) is 49.7. The summed E-state index contributed by atoms with van der Waals surface area (Å²) >= 11 is 1.54. The maximum atomic E-state index is 14.0. The molecule has 28 nitrogen and oxygen atoms in total. The van der Waals surface area contributed by atoms with Crippen molar-refractivity contribution in [3.8, 4) is 11.1 Å². The van der Waals surface area contributed by atoms with E-state index in [1.165, 1.54) is 12.2 Å². The Morgan fingerprint density at radius 3 is 2.29 bits per heavy atom. The van der Waals surface area contributed by atoms with Gasteiger partial charge in [-0.05, 0) is 155 Å². The first-order valence-electron chi connectivity index (χ1n) is 34.7. The lowest BCUT2D eigenvalue weighted by molar-refractivity contribution is -0.248. The van der Waals surface area contributed by atoms with E-state index < -0.39 is 71.2 Å². The van der Waals surface area contributed by atoms with Gasteiger partial charge < -0.3 is 66.5 Å². The molecule has 12 rings (SSSR count). The molecular formula is C72H91N15O13S. The van der Waals surface area contributed by atoms with Crippen LogP contribution in [0.5, 0.6) is 0 Å². The number of nitrogens with two attached hydrogens (primary N) is 1. The summed E-state index contributed by atoms with van der Waals surface area (Å²) in [6.07, 6.45) is 12.0. The fourth-order valence-corrected chi connectivity index (χ4v) is 17.3. The zero-order valence-electron chi connectivity index (χ0n) is 58.1. The van der Waals surface area contributed by atoms with E-state index in [4.69, 9.17) is 35.0 Å². The number of amides is 8. The van der Waals surface area contributed by atoms with E-state index in [1.54, 1.807) is 60.5 Å². The molecule has 4 saturated carbocycles. The molecule has 0 radical (unpaired) electrons. The van der Waals surface area contributed by atoms with Crippen LogP contribution in [0.25, 0.3) is 21.3 Å². The van der Waals surface area contributed by atoms with Gasteiger partial charge in [-0.3, -0.25) is 33.6 Å². The molecule has 6 heterocycles. The molecule has 0 saturated heterocycles. The van der Waals surface area contributed by atoms with E-state index in [9.17, 15) is 48.6 Å². The summed E-state index contributed by atoms with van der Waals surface area (Å²) in [5.41, 5.74) is 10.4. The molecule has 6 aromatic rings. The Morgan fingerprint density at radius 1 is 0.822 bits per heavy atom. The van der Waals surface area contributed by atoms with Crippen LogP contribution < -0.4 is 37.2 Å². The van der Waals surface area contributed by atoms with Gasteiger partial charge in [-0.2, -0.15) is 5.10 Å². The lowest BCUT2D eigenvalue weighted by atomic mass is 9.39. The van der Waals surface area contributed by atoms with Gasteiger partial charge in [0.15, 0.2) is 22.5 Å². The minimum atomic E-state index is -1.15. The largest absolute Gasteiger partial charge is 0.476 e. The van der Waals surface area contributed by atoms with Crippen molar-refractivity contribution in [1.82, 2.24) is 55.7 Å². The van der Waals surface area contributed by atoms with Gasteiger partial charge in [0.05, 0.1) is 48.4 Å². The smallest absolute Gasteiger partial charge is 0.410 e. The first-order chi connectivity index (χ1) is 48.3. The molecule has 4 aromatic heterocycles. The number of rotatable bonds is 33. The van der Waals surface area contributed by atoms with Crippen LogP contribution in [-0.2, 0) is 57.8 Å². The van der Waals surface area contributed by atoms with Crippen LogP contribution in [0.15, 0.2) is 79.0 Å². The van der Waals surface area contributed by atoms with Crippen molar-refractivity contribution in [3.05, 3.63) is 107 Å². The van der Waals surface area contributed by atoms with E-state index in [-0.39, 0.29) is 93.9 Å². The molecule has 29 heteroatoms. The summed E-state index contributed by atoms with van der Waals surface area (Å²) < 4.78 is 21.6. The number of hydrogen-bond donors (Lipinski definition) is 8. The quantitative estimate of drug-likeness (QED) is 0.0142. The number of carbonyl (C=O) groups is 8. The molecule has 4 atom stereocenters. The highest BCUT2D eigenvalue weighted by Gasteiger charge is 2.66. The van der Waals surface area contributed by atoms with Gasteiger partial charge in [0.25, 0.3) is 11.8 Å². The average Bonchev–Trinajstić information content (AvgIpc) is 0.992. The number of aliphatic hydroxyl groups excluding tert-OH is 1. The average molecular weight is 1410 g/mol. The number of para-hydroxylation sites is 1. The molecule has 8 amide bonds. The van der Waals surface area contributed by atoms with Crippen molar-refractivity contribution in [3.63, 3.8) is 0 Å². The summed E-state index contributed by atoms with van der Waals surface area (Å²) in [6.45, 7) is 14.3. The van der Waals surface area contributed by atoms with Gasteiger partial charge in [0.2, 0.25) is 17.7 Å². The van der Waals surface area contributed by atoms with Gasteiger partial charge in [0, 0.05) is 91.5 Å². The number of anilines is 5. The van der Waals surface area contributed by atoms with E-state index in [1.807, 2.05) is 59.8 Å². The third-order valence-electron chi connectivity index (χ3n) is 19.9. The van der Waals surface area contributed by atoms with Crippen molar-refractivity contribution in [2.24, 2.45) is 27.9 Å². The molecule has 9 N–H and O–H groups in total. The van der Waals surface area contributed by atoms with Gasteiger partial charge in [-0.25, -0.2) is 24.4 Å². The summed E-state index contributed by atoms with van der Waals surface area (Å²) in [6, 6.07) is 15.4. The molecule has 4 fully saturated rings. The SMILES string of the molecule is Cc1c(Nc2nc3ccccc3s2)nnc2c1CCCN2c1ccc(-c2cnn(CC34CC5(C)CC(C)(C3)CC(OCCN(CCCCO)C(=O)OCc3ccc(NC(=O)[C@H](CCCNC(N)=O)NC(=O)[C@@H](NC(=O)CCOCCN6C(=O)C=CC6=O)C(C)C)cc3)(C5)C4)c2C)c(C(=O)O)n1. The normalized spacial score (nSPS) is 21.0. The predicted octanol–water partition coefficient (Wildman–Crippen LogP) is 8.38. The number of primary amides is 1. The number of carbonyl (C=O) groups excluding carboxylic acids is 7. The molecule has 4 aliphatic carbocycles. The molecule has 4 bridgehead atoms. The molecule has 101 heavy (non-hydrogen) atoms. The number of fused-ring (bicyclic) bond motifs is 2. The first kappa shape index (κ1) is 72.8. The van der Waals surface area contributed by atoms with Crippen LogP contribution >= 0.6 is 11.3 Å². The van der Waals surface area contributed by atoms with E-state index in [0.717, 1.165) is 88.4 Å². The number of carboxylic acids is 1. The van der Waals surface area contributed by atoms with Crippen molar-refractivity contribution in [1.29, 1.82) is 0 Å². The fraction of sp³-hybridized carbons (Fsp3) is 0.514. The maximum absolute atomic E-state index is 14.0. The second-order valence-corrected chi connectivity index (χ2v) is 29.7. The minimum absolute atomic E-state index is 0.0198. The maximum Gasteiger partial charge on any atom is 0.410 e. The van der Waals surface area contributed by atoms with Crippen LogP contribution in [0.4, 0.5) is 37.9 Å². The van der Waals surface area contributed by atoms with Crippen molar-refractivity contribution in [2.75, 3.05) is 74.7 Å². The van der Waals surface area contributed by atoms with E-state index >= 15 is 0 Å². The minimum Gasteiger partial charge on any atom is -0.476 e. The van der Waals surface area contributed by atoms with E-state index in [2.05, 4.69) is 50.6 Å². The first-order valence-corrected chi connectivity index (χ1v) is 35.5. The number of nitrogens with zero attached hydrogens (tertiary/aromatic N) is 9. The second-order valence-electron chi connectivity index (χ2n) is 28.7. The zero-order valence-corrected chi connectivity index (χ0v) is 58.9. The molecule has 538 valence electrons. The van der Waals surface area contributed by atoms with Gasteiger partial charge in [-0.15, -0.1) is 10.2 Å². The number of pyridine rings is 1. The number of carboxylic acid groups (broad SMARTS) is 1. The van der Waals surface area contributed by atoms with Crippen molar-refractivity contribution < 1.29 is 62.8 Å². The number of urea groups is 1. The third kappa shape index (κ3) is 17.3. The number of unbranched alkanes of at least 4 members (excludes halogenated alkanes) is 1. The van der Waals surface area contributed by atoms with Crippen molar-refractivity contribution in [2.45, 2.75) is 156 Å². The summed E-state index contributed by atoms with van der Waals surface area (Å²) in [4.78, 5) is 117. The topological polar surface area (TPSA) is 370 Å². The standard InChI is InChI=1S/C72H91N15O13S/c1-44(2)59(80-56(89)25-32-98-33-30-86-57(90)23-24-58(86)91)64(93)77-53(15-11-26-74-66(73)96)63(92)76-48-19-17-47(18-20-48)36-99-68(97)84(27-9-10-31-88)29-34-100-72-40-69(5)37-70(6,41-72)39-71(38-69,42-72)43-87-46(4)51(35-75-87)50-21-22-55(79-60(50)65(94)95)85-28-12-13-49-45(3)61(82-83-62(49)85)81-67-78-52-14-7-8-16-54(52)101-67/h7-8,14,16-24,35,44,53,59,88H,9-13,15,25-34,36-43H2,1-6H3,(H,76,92)(H,77,93)(H,80,89)(H,94,95)(H3,73,74,96)(H,78,81,82)/t53-,59-,69?,70?,71?,72?/m0/s1. The second kappa shape index (κ2) is 31.2. The third-order valence-corrected chi connectivity index (χ3v) is 20.9. The number of imide groups is 1. The Bertz CT molecular complexity index is 4050. The molecule has 2 unspecified atom stereocenters. The lowest BCUT2D eigenvalue weighted by Gasteiger charge is -2.69. The monoisotopic (exact) mass is 1410 g/mol. The number of ether oxygens (including phenoxy) is 3. The highest BCUT2D eigenvalue weighted by atomic mass is 32.1. The van der Waals surface area contributed by atoms with Crippen LogP contribution in [0.1, 0.15) is 138 Å². The lowest BCUT2D eigenvalue weighted by Crippen LogP contribution is -2.64. The number of nitrogens with one attached hydrogen (secondary N) is 5. The number of aromatic carboxylic acids is 1. The highest BCUT2D eigenvalue weighted by Crippen LogP contribution is 2.72. The number of benzene rings is 2. The Hall–Kier alpha value is -9.45. The van der Waals surface area contributed by atoms with Crippen LogP contribution in [-0.4, -0.2) is 174 Å². The highest BCUT2D eigenvalue weighted by molar-refractivity contribution is 7.22. The Morgan fingerprint density at radius 2 is 1.57 bits per heavy atom. The number of aromatic nitrogens is 6. The molecule has 2 aliphatic heterocycles. The predicted molar refractivity (Wildman–Crippen MR) is 377 cm³/mol. The zero-order chi connectivity index (χ0) is 71.8. The number of hydrogen-bond acceptors (Lipinski definition) is 20. The van der Waals surface area contributed by atoms with Gasteiger partial charge in [0.1, 0.15) is 24.5 Å². The Balaban J connectivity index is 0.694. The van der Waals surface area contributed by atoms with E-state index in [0.29, 0.717) is 72.3 Å². The number of thiazole rings is 1. The number of aliphatic hydroxyl groups is 1. The van der Waals surface area contributed by atoms with Crippen LogP contribution in [0.3, 0.4) is 0 Å². The molecule has 2 aromatic carbocycles. The molecule has 6 aliphatic rings. The summed E-state index contributed by atoms with van der Waals surface area (Å²) in [5.74, 6) is -2.37. The molecule has 0 spiro atoms. The van der Waals surface area contributed by atoms with Gasteiger partial charge in [-0.1, -0.05) is 63.3 Å².